The van der Waals surface area contributed by atoms with Crippen molar-refractivity contribution in [1.82, 2.24) is 20.1 Å². The first-order valence-electron chi connectivity index (χ1n) is 10.6. The Morgan fingerprint density at radius 2 is 1.84 bits per heavy atom. The van der Waals surface area contributed by atoms with Gasteiger partial charge in [0.25, 0.3) is 5.91 Å². The molecule has 1 aromatic heterocycles. The van der Waals surface area contributed by atoms with E-state index in [2.05, 4.69) is 15.2 Å². The van der Waals surface area contributed by atoms with Gasteiger partial charge in [0, 0.05) is 31.3 Å². The van der Waals surface area contributed by atoms with Crippen LogP contribution in [-0.4, -0.2) is 53.6 Å². The zero-order valence-corrected chi connectivity index (χ0v) is 17.9. The van der Waals surface area contributed by atoms with Crippen LogP contribution in [0.1, 0.15) is 12.0 Å². The monoisotopic (exact) mass is 434 g/mol. The van der Waals surface area contributed by atoms with Gasteiger partial charge in [0.2, 0.25) is 5.91 Å². The molecule has 1 atom stereocenters. The summed E-state index contributed by atoms with van der Waals surface area (Å²) in [6.07, 6.45) is 2.45. The molecule has 0 radical (unpaired) electrons. The number of methoxy groups -OCH3 is 1. The largest absolute Gasteiger partial charge is 0.497 e. The van der Waals surface area contributed by atoms with Crippen molar-refractivity contribution < 1.29 is 19.1 Å². The maximum atomic E-state index is 12.6. The topological polar surface area (TPSA) is 92.7 Å². The van der Waals surface area contributed by atoms with Gasteiger partial charge in [-0.3, -0.25) is 14.5 Å². The van der Waals surface area contributed by atoms with E-state index in [4.69, 9.17) is 4.74 Å². The maximum Gasteiger partial charge on any atom is 0.324 e. The van der Waals surface area contributed by atoms with Crippen LogP contribution in [-0.2, 0) is 22.6 Å². The summed E-state index contributed by atoms with van der Waals surface area (Å²) >= 11 is 0. The fourth-order valence-corrected chi connectivity index (χ4v) is 3.87. The van der Waals surface area contributed by atoms with E-state index in [1.807, 2.05) is 60.8 Å². The van der Waals surface area contributed by atoms with Crippen LogP contribution >= 0.6 is 0 Å². The number of nitrogens with one attached hydrogen (secondary N) is 2. The molecule has 0 bridgehead atoms. The highest BCUT2D eigenvalue weighted by Crippen LogP contribution is 2.16. The second-order valence-corrected chi connectivity index (χ2v) is 7.71. The van der Waals surface area contributed by atoms with Crippen LogP contribution in [0, 0.1) is 0 Å². The van der Waals surface area contributed by atoms with E-state index in [1.54, 1.807) is 7.11 Å². The van der Waals surface area contributed by atoms with E-state index < -0.39 is 12.1 Å². The molecule has 0 saturated carbocycles. The average molecular weight is 434 g/mol. The van der Waals surface area contributed by atoms with Crippen LogP contribution in [0.4, 0.5) is 4.79 Å². The third-order valence-corrected chi connectivity index (χ3v) is 5.63. The highest BCUT2D eigenvalue weighted by atomic mass is 16.5. The van der Waals surface area contributed by atoms with Gasteiger partial charge in [0.15, 0.2) is 0 Å². The molecule has 3 aromatic rings. The molecule has 1 saturated heterocycles. The highest BCUT2D eigenvalue weighted by Gasteiger charge is 2.38. The second kappa shape index (κ2) is 9.55. The van der Waals surface area contributed by atoms with E-state index in [9.17, 15) is 14.4 Å². The molecule has 166 valence electrons. The van der Waals surface area contributed by atoms with E-state index in [0.29, 0.717) is 19.5 Å². The third kappa shape index (κ3) is 4.74. The lowest BCUT2D eigenvalue weighted by Gasteiger charge is -2.13. The van der Waals surface area contributed by atoms with Crippen molar-refractivity contribution >= 4 is 28.7 Å². The van der Waals surface area contributed by atoms with Crippen LogP contribution < -0.4 is 15.4 Å². The zero-order valence-electron chi connectivity index (χ0n) is 17.9. The van der Waals surface area contributed by atoms with Crippen molar-refractivity contribution in [1.29, 1.82) is 0 Å². The summed E-state index contributed by atoms with van der Waals surface area (Å²) in [5.41, 5.74) is 2.10. The maximum absolute atomic E-state index is 12.6. The molecule has 0 aliphatic carbocycles. The first-order chi connectivity index (χ1) is 15.5. The Kier molecular flexibility index (Phi) is 6.39. The van der Waals surface area contributed by atoms with E-state index in [0.717, 1.165) is 22.2 Å². The van der Waals surface area contributed by atoms with E-state index >= 15 is 0 Å². The van der Waals surface area contributed by atoms with Gasteiger partial charge in [-0.05, 0) is 41.6 Å². The van der Waals surface area contributed by atoms with Crippen molar-refractivity contribution in [2.75, 3.05) is 20.2 Å². The molecule has 1 aliphatic rings. The fraction of sp³-hybridized carbons (Fsp3) is 0.292. The van der Waals surface area contributed by atoms with Crippen LogP contribution in [0.5, 0.6) is 5.75 Å². The Labute approximate surface area is 186 Å². The number of aromatic nitrogens is 1. The van der Waals surface area contributed by atoms with Gasteiger partial charge in [-0.15, -0.1) is 0 Å². The molecule has 1 aliphatic heterocycles. The van der Waals surface area contributed by atoms with Gasteiger partial charge in [-0.2, -0.15) is 0 Å². The lowest BCUT2D eigenvalue weighted by molar-refractivity contribution is -0.130. The minimum atomic E-state index is -0.828. The van der Waals surface area contributed by atoms with Crippen LogP contribution in [0.25, 0.3) is 10.9 Å². The molecule has 2 aromatic carbocycles. The summed E-state index contributed by atoms with van der Waals surface area (Å²) in [7, 11) is 1.60. The molecule has 0 spiro atoms. The lowest BCUT2D eigenvalue weighted by atomic mass is 10.1. The first kappa shape index (κ1) is 21.4. The minimum absolute atomic E-state index is 0.0734. The first-order valence-corrected chi connectivity index (χ1v) is 10.6. The van der Waals surface area contributed by atoms with Crippen LogP contribution in [0.2, 0.25) is 0 Å². The van der Waals surface area contributed by atoms with Gasteiger partial charge < -0.3 is 19.9 Å². The Bertz CT molecular complexity index is 1120. The van der Waals surface area contributed by atoms with Crippen LogP contribution in [0.15, 0.2) is 60.8 Å². The zero-order chi connectivity index (χ0) is 22.5. The molecule has 4 amide bonds. The van der Waals surface area contributed by atoms with Gasteiger partial charge >= 0.3 is 6.03 Å². The van der Waals surface area contributed by atoms with Gasteiger partial charge in [0.05, 0.1) is 13.5 Å². The number of para-hydroxylation sites is 1. The summed E-state index contributed by atoms with van der Waals surface area (Å²) in [4.78, 5) is 38.4. The fourth-order valence-electron chi connectivity index (χ4n) is 3.87. The molecule has 8 heteroatoms. The quantitative estimate of drug-likeness (QED) is 0.506. The molecule has 8 nitrogen and oxygen atoms in total. The Balaban J connectivity index is 1.24. The Morgan fingerprint density at radius 1 is 1.06 bits per heavy atom. The normalized spacial score (nSPS) is 15.8. The molecule has 1 fully saturated rings. The summed E-state index contributed by atoms with van der Waals surface area (Å²) in [5, 5.41) is 6.60. The summed E-state index contributed by atoms with van der Waals surface area (Å²) in [6, 6.07) is 16.3. The number of urea groups is 1. The average Bonchev–Trinajstić information content (AvgIpc) is 3.33. The number of imide groups is 1. The highest BCUT2D eigenvalue weighted by molar-refractivity contribution is 6.05. The number of hydrogen-bond donors (Lipinski definition) is 2. The number of hydrogen-bond acceptors (Lipinski definition) is 4. The number of rotatable bonds is 9. The summed E-state index contributed by atoms with van der Waals surface area (Å²) in [5.74, 6) is 0.118. The molecule has 2 N–H and O–H groups in total. The molecular formula is C24H26N4O4. The number of fused-ring (bicyclic) bond motifs is 1. The number of benzene rings is 2. The second-order valence-electron chi connectivity index (χ2n) is 7.71. The SMILES string of the molecule is COc1ccc(CCN2C(=O)N[C@@H](CC(=O)NCCn3ccc4ccccc43)C2=O)cc1. The number of ether oxygens (including phenoxy) is 1. The number of carbonyl (C=O) groups excluding carboxylic acids is 3. The molecule has 0 unspecified atom stereocenters. The van der Waals surface area contributed by atoms with E-state index in [1.165, 1.54) is 4.90 Å². The van der Waals surface area contributed by atoms with Crippen molar-refractivity contribution in [2.45, 2.75) is 25.4 Å². The van der Waals surface area contributed by atoms with Crippen molar-refractivity contribution in [3.8, 4) is 5.75 Å². The Morgan fingerprint density at radius 3 is 2.62 bits per heavy atom. The Hall–Kier alpha value is -3.81. The minimum Gasteiger partial charge on any atom is -0.497 e. The molecular weight excluding hydrogens is 408 g/mol. The predicted octanol–water partition coefficient (Wildman–Crippen LogP) is 2.32. The predicted molar refractivity (Wildman–Crippen MR) is 120 cm³/mol. The van der Waals surface area contributed by atoms with Gasteiger partial charge in [-0.1, -0.05) is 30.3 Å². The van der Waals surface area contributed by atoms with Crippen molar-refractivity contribution in [3.63, 3.8) is 0 Å². The van der Waals surface area contributed by atoms with Crippen molar-refractivity contribution in [2.24, 2.45) is 0 Å². The number of nitrogens with zero attached hydrogens (tertiary/aromatic N) is 2. The van der Waals surface area contributed by atoms with Crippen molar-refractivity contribution in [3.05, 3.63) is 66.4 Å². The number of amides is 4. The van der Waals surface area contributed by atoms with Gasteiger partial charge in [-0.25, -0.2) is 4.79 Å². The van der Waals surface area contributed by atoms with E-state index in [-0.39, 0.29) is 24.8 Å². The smallest absolute Gasteiger partial charge is 0.324 e. The summed E-state index contributed by atoms with van der Waals surface area (Å²) < 4.78 is 7.20. The number of carbonyl (C=O) groups is 3. The third-order valence-electron chi connectivity index (χ3n) is 5.63. The standard InChI is InChI=1S/C24H26N4O4/c1-32-19-8-6-17(7-9-19)10-14-28-23(30)20(26-24(28)31)16-22(29)25-12-15-27-13-11-18-4-2-3-5-21(18)27/h2-9,11,13,20H,10,12,14-16H2,1H3,(H,25,29)(H,26,31)/t20-/m0/s1. The molecule has 2 heterocycles. The summed E-state index contributed by atoms with van der Waals surface area (Å²) in [6.45, 7) is 1.32. The lowest BCUT2D eigenvalue weighted by Crippen LogP contribution is -2.37. The molecule has 4 rings (SSSR count). The molecule has 32 heavy (non-hydrogen) atoms. The van der Waals surface area contributed by atoms with Crippen LogP contribution in [0.3, 0.4) is 0 Å². The van der Waals surface area contributed by atoms with Gasteiger partial charge in [0.1, 0.15) is 11.8 Å².